The minimum absolute atomic E-state index is 0.0704. The summed E-state index contributed by atoms with van der Waals surface area (Å²) in [4.78, 5) is 40.8. The highest BCUT2D eigenvalue weighted by atomic mass is 32.1. The number of hydrogen-bond donors (Lipinski definition) is 2. The lowest BCUT2D eigenvalue weighted by atomic mass is 9.94. The zero-order valence-corrected chi connectivity index (χ0v) is 18.6. The average Bonchev–Trinajstić information content (AvgIpc) is 3.18. The molecular weight excluding hydrogens is 414 g/mol. The van der Waals surface area contributed by atoms with Crippen LogP contribution in [0.4, 0.5) is 0 Å². The van der Waals surface area contributed by atoms with Crippen LogP contribution in [-0.2, 0) is 16.1 Å². The predicted octanol–water partition coefficient (Wildman–Crippen LogP) is 2.63. The van der Waals surface area contributed by atoms with Gasteiger partial charge in [-0.3, -0.25) is 14.4 Å². The lowest BCUT2D eigenvalue weighted by molar-refractivity contribution is -0.139. The summed E-state index contributed by atoms with van der Waals surface area (Å²) in [6.07, 6.45) is 1.29. The molecule has 1 spiro atoms. The molecule has 164 valence electrons. The maximum atomic E-state index is 12.9. The number of likely N-dealkylation sites (tertiary alicyclic amines) is 1. The van der Waals surface area contributed by atoms with Crippen molar-refractivity contribution >= 4 is 29.1 Å². The summed E-state index contributed by atoms with van der Waals surface area (Å²) in [7, 11) is 0. The Morgan fingerprint density at radius 2 is 2.16 bits per heavy atom. The fraction of sp³-hybridized carbons (Fsp3) is 0.435. The number of carbonyl (C=O) groups is 3. The number of amides is 3. The molecule has 2 N–H and O–H groups in total. The van der Waals surface area contributed by atoms with Crippen LogP contribution in [0.2, 0.25) is 0 Å². The Bertz CT molecular complexity index is 991. The maximum Gasteiger partial charge on any atom is 0.255 e. The number of hydrogen-bond acceptors (Lipinski definition) is 5. The van der Waals surface area contributed by atoms with E-state index in [4.69, 9.17) is 4.74 Å². The van der Waals surface area contributed by atoms with Crippen LogP contribution in [0.1, 0.15) is 47.0 Å². The van der Waals surface area contributed by atoms with Gasteiger partial charge in [-0.2, -0.15) is 0 Å². The minimum Gasteiger partial charge on any atom is -0.485 e. The van der Waals surface area contributed by atoms with Crippen LogP contribution in [-0.4, -0.2) is 47.4 Å². The highest BCUT2D eigenvalue weighted by Crippen LogP contribution is 2.34. The second-order valence-corrected chi connectivity index (χ2v) is 9.31. The quantitative estimate of drug-likeness (QED) is 0.764. The molecule has 4 rings (SSSR count). The van der Waals surface area contributed by atoms with Crippen molar-refractivity contribution in [2.45, 2.75) is 51.3 Å². The van der Waals surface area contributed by atoms with Gasteiger partial charge in [-0.05, 0) is 43.8 Å². The van der Waals surface area contributed by atoms with E-state index in [1.807, 2.05) is 42.6 Å². The number of nitrogens with zero attached hydrogens (tertiary/aromatic N) is 1. The number of thiophene rings is 1. The fourth-order valence-electron chi connectivity index (χ4n) is 4.13. The van der Waals surface area contributed by atoms with Crippen molar-refractivity contribution < 1.29 is 19.1 Å². The monoisotopic (exact) mass is 441 g/mol. The highest BCUT2D eigenvalue weighted by Gasteiger charge is 2.41. The number of nitrogens with one attached hydrogen (secondary N) is 2. The first-order valence-corrected chi connectivity index (χ1v) is 11.4. The Morgan fingerprint density at radius 3 is 2.94 bits per heavy atom. The molecule has 0 unspecified atom stereocenters. The van der Waals surface area contributed by atoms with Gasteiger partial charge in [-0.15, -0.1) is 11.3 Å². The molecule has 1 saturated heterocycles. The summed E-state index contributed by atoms with van der Waals surface area (Å²) in [6.45, 7) is 4.87. The maximum absolute atomic E-state index is 12.9. The van der Waals surface area contributed by atoms with Gasteiger partial charge in [0.15, 0.2) is 0 Å². The molecule has 31 heavy (non-hydrogen) atoms. The Balaban J connectivity index is 1.46. The van der Waals surface area contributed by atoms with Gasteiger partial charge in [-0.1, -0.05) is 17.7 Å². The molecule has 1 fully saturated rings. The number of rotatable bonds is 4. The molecule has 2 aromatic rings. The molecule has 3 amide bonds. The van der Waals surface area contributed by atoms with Crippen LogP contribution in [0.5, 0.6) is 5.75 Å². The number of carbonyl (C=O) groups excluding carboxylic acids is 3. The molecule has 8 heteroatoms. The molecule has 0 radical (unpaired) electrons. The second kappa shape index (κ2) is 8.70. The molecule has 3 heterocycles. The first-order valence-electron chi connectivity index (χ1n) is 10.5. The van der Waals surface area contributed by atoms with Gasteiger partial charge in [0.2, 0.25) is 11.8 Å². The number of fused-ring (bicyclic) bond motifs is 1. The molecule has 0 aliphatic carbocycles. The lowest BCUT2D eigenvalue weighted by Gasteiger charge is -2.32. The zero-order valence-electron chi connectivity index (χ0n) is 17.8. The summed E-state index contributed by atoms with van der Waals surface area (Å²) < 4.78 is 6.36. The Kier molecular flexibility index (Phi) is 6.00. The van der Waals surface area contributed by atoms with Crippen molar-refractivity contribution in [1.29, 1.82) is 0 Å². The fourth-order valence-corrected chi connectivity index (χ4v) is 4.78. The van der Waals surface area contributed by atoms with E-state index in [1.54, 1.807) is 23.2 Å². The molecular formula is C23H27N3O4S. The lowest BCUT2D eigenvalue weighted by Crippen LogP contribution is -2.49. The smallest absolute Gasteiger partial charge is 0.255 e. The molecule has 1 aromatic carbocycles. The summed E-state index contributed by atoms with van der Waals surface area (Å²) in [5, 5.41) is 7.85. The van der Waals surface area contributed by atoms with Crippen molar-refractivity contribution in [1.82, 2.24) is 15.5 Å². The third kappa shape index (κ3) is 4.58. The molecule has 0 bridgehead atoms. The van der Waals surface area contributed by atoms with Gasteiger partial charge < -0.3 is 20.3 Å². The summed E-state index contributed by atoms with van der Waals surface area (Å²) in [6, 6.07) is 8.89. The third-order valence-electron chi connectivity index (χ3n) is 6.06. The van der Waals surface area contributed by atoms with E-state index < -0.39 is 11.6 Å². The van der Waals surface area contributed by atoms with Crippen molar-refractivity contribution in [3.05, 3.63) is 51.7 Å². The van der Waals surface area contributed by atoms with Crippen LogP contribution in [0.3, 0.4) is 0 Å². The summed E-state index contributed by atoms with van der Waals surface area (Å²) in [5.74, 6) is 0.139. The van der Waals surface area contributed by atoms with Crippen LogP contribution >= 0.6 is 11.3 Å². The molecule has 1 aromatic heterocycles. The summed E-state index contributed by atoms with van der Waals surface area (Å²) in [5.41, 5.74) is 0.831. The molecule has 2 aliphatic rings. The van der Waals surface area contributed by atoms with Crippen LogP contribution < -0.4 is 15.4 Å². The molecule has 2 atom stereocenters. The van der Waals surface area contributed by atoms with Crippen LogP contribution in [0, 0.1) is 6.92 Å². The predicted molar refractivity (Wildman–Crippen MR) is 118 cm³/mol. The van der Waals surface area contributed by atoms with E-state index in [0.717, 1.165) is 10.4 Å². The van der Waals surface area contributed by atoms with Gasteiger partial charge in [0.25, 0.3) is 5.91 Å². The van der Waals surface area contributed by atoms with E-state index in [-0.39, 0.29) is 24.1 Å². The van der Waals surface area contributed by atoms with Crippen molar-refractivity contribution in [2.24, 2.45) is 0 Å². The molecule has 0 saturated carbocycles. The van der Waals surface area contributed by atoms with Crippen LogP contribution in [0.25, 0.3) is 0 Å². The van der Waals surface area contributed by atoms with E-state index in [0.29, 0.717) is 43.8 Å². The van der Waals surface area contributed by atoms with E-state index in [2.05, 4.69) is 10.6 Å². The number of benzene rings is 1. The van der Waals surface area contributed by atoms with Crippen molar-refractivity contribution in [3.63, 3.8) is 0 Å². The number of ether oxygens (including phenoxy) is 1. The SMILES string of the molecule is Cc1ccc2c(c1)C(=O)NC[C@]1(CCC(=O)N([C@@H](C)C(=O)NCc3cccs3)CC1)O2. The Hall–Kier alpha value is -2.87. The topological polar surface area (TPSA) is 87.7 Å². The Labute approximate surface area is 185 Å². The van der Waals surface area contributed by atoms with E-state index >= 15 is 0 Å². The largest absolute Gasteiger partial charge is 0.485 e. The first-order chi connectivity index (χ1) is 14.9. The summed E-state index contributed by atoms with van der Waals surface area (Å²) >= 11 is 1.58. The normalized spacial score (nSPS) is 22.1. The highest BCUT2D eigenvalue weighted by molar-refractivity contribution is 7.09. The number of aryl methyl sites for hydroxylation is 1. The van der Waals surface area contributed by atoms with Crippen molar-refractivity contribution in [2.75, 3.05) is 13.1 Å². The first kappa shape index (κ1) is 21.4. The van der Waals surface area contributed by atoms with Gasteiger partial charge in [0.05, 0.1) is 18.7 Å². The van der Waals surface area contributed by atoms with E-state index in [9.17, 15) is 14.4 Å². The zero-order chi connectivity index (χ0) is 22.0. The van der Waals surface area contributed by atoms with E-state index in [1.165, 1.54) is 0 Å². The van der Waals surface area contributed by atoms with Gasteiger partial charge in [0, 0.05) is 24.3 Å². The van der Waals surface area contributed by atoms with Crippen LogP contribution in [0.15, 0.2) is 35.7 Å². The standard InChI is InChI=1S/C23H27N3O4S/c1-15-5-6-19-18(12-15)22(29)25-14-23(30-19)8-7-20(27)26(10-9-23)16(2)21(28)24-13-17-4-3-11-31-17/h3-6,11-12,16H,7-10,13-14H2,1-2H3,(H,24,28)(H,25,29)/t16-,23+/m0/s1. The Morgan fingerprint density at radius 1 is 1.32 bits per heavy atom. The van der Waals surface area contributed by atoms with Gasteiger partial charge >= 0.3 is 0 Å². The third-order valence-corrected chi connectivity index (χ3v) is 6.94. The average molecular weight is 442 g/mol. The van der Waals surface area contributed by atoms with Gasteiger partial charge in [0.1, 0.15) is 17.4 Å². The molecule has 7 nitrogen and oxygen atoms in total. The van der Waals surface area contributed by atoms with Crippen molar-refractivity contribution in [3.8, 4) is 5.75 Å². The second-order valence-electron chi connectivity index (χ2n) is 8.28. The van der Waals surface area contributed by atoms with Gasteiger partial charge in [-0.25, -0.2) is 0 Å². The minimum atomic E-state index is -0.673. The molecule has 2 aliphatic heterocycles.